The highest BCUT2D eigenvalue weighted by Gasteiger charge is 2.23. The van der Waals surface area contributed by atoms with E-state index in [1.54, 1.807) is 0 Å². The van der Waals surface area contributed by atoms with E-state index >= 15 is 0 Å². The van der Waals surface area contributed by atoms with Crippen molar-refractivity contribution >= 4 is 6.03 Å². The Morgan fingerprint density at radius 3 is 2.83 bits per heavy atom. The van der Waals surface area contributed by atoms with Gasteiger partial charge in [0.1, 0.15) is 0 Å². The van der Waals surface area contributed by atoms with Crippen LogP contribution in [0.1, 0.15) is 31.2 Å². The number of urea groups is 1. The lowest BCUT2D eigenvalue weighted by Crippen LogP contribution is -2.39. The van der Waals surface area contributed by atoms with Crippen molar-refractivity contribution in [2.75, 3.05) is 6.54 Å². The van der Waals surface area contributed by atoms with Gasteiger partial charge >= 0.3 is 6.03 Å². The zero-order valence-electron chi connectivity index (χ0n) is 11.4. The number of hydrogen-bond acceptors (Lipinski definition) is 2. The van der Waals surface area contributed by atoms with Gasteiger partial charge in [0.05, 0.1) is 5.69 Å². The standard InChI is InChI=1S/C13H22N4O/c1-9(7-14-13(18)15-12-4-5-12)8-17-11(3)6-10(2)16-17/h6,9,12H,4-5,7-8H2,1-3H3,(H2,14,15,18). The lowest BCUT2D eigenvalue weighted by molar-refractivity contribution is 0.238. The molecule has 0 aromatic carbocycles. The van der Waals surface area contributed by atoms with E-state index in [0.29, 0.717) is 18.5 Å². The second-order valence-corrected chi connectivity index (χ2v) is 5.34. The number of aryl methyl sites for hydroxylation is 2. The van der Waals surface area contributed by atoms with Crippen molar-refractivity contribution in [1.82, 2.24) is 20.4 Å². The first-order chi connectivity index (χ1) is 8.54. The topological polar surface area (TPSA) is 59.0 Å². The summed E-state index contributed by atoms with van der Waals surface area (Å²) in [5, 5.41) is 10.2. The summed E-state index contributed by atoms with van der Waals surface area (Å²) in [6.45, 7) is 7.68. The van der Waals surface area contributed by atoms with Crippen molar-refractivity contribution in [3.63, 3.8) is 0 Å². The van der Waals surface area contributed by atoms with E-state index in [9.17, 15) is 4.79 Å². The fourth-order valence-electron chi connectivity index (χ4n) is 1.95. The summed E-state index contributed by atoms with van der Waals surface area (Å²) in [5.74, 6) is 0.368. The summed E-state index contributed by atoms with van der Waals surface area (Å²) in [7, 11) is 0. The lowest BCUT2D eigenvalue weighted by Gasteiger charge is -2.14. The van der Waals surface area contributed by atoms with Gasteiger partial charge in [-0.05, 0) is 38.7 Å². The van der Waals surface area contributed by atoms with Crippen LogP contribution in [0.4, 0.5) is 4.79 Å². The Morgan fingerprint density at radius 1 is 1.56 bits per heavy atom. The van der Waals surface area contributed by atoms with E-state index in [1.165, 1.54) is 5.69 Å². The van der Waals surface area contributed by atoms with Crippen LogP contribution in [0.25, 0.3) is 0 Å². The summed E-state index contributed by atoms with van der Waals surface area (Å²) < 4.78 is 2.00. The van der Waals surface area contributed by atoms with Gasteiger partial charge in [-0.25, -0.2) is 4.79 Å². The highest BCUT2D eigenvalue weighted by Crippen LogP contribution is 2.18. The first-order valence-corrected chi connectivity index (χ1v) is 6.60. The molecule has 5 heteroatoms. The van der Waals surface area contributed by atoms with E-state index in [2.05, 4.69) is 35.6 Å². The first-order valence-electron chi connectivity index (χ1n) is 6.60. The van der Waals surface area contributed by atoms with Crippen LogP contribution in [-0.2, 0) is 6.54 Å². The minimum atomic E-state index is -0.0438. The SMILES string of the molecule is Cc1cc(C)n(CC(C)CNC(=O)NC2CC2)n1. The monoisotopic (exact) mass is 250 g/mol. The van der Waals surface area contributed by atoms with Gasteiger partial charge in [-0.15, -0.1) is 0 Å². The molecule has 0 saturated heterocycles. The number of aromatic nitrogens is 2. The number of carbonyl (C=O) groups excluding carboxylic acids is 1. The van der Waals surface area contributed by atoms with Crippen LogP contribution in [0.2, 0.25) is 0 Å². The maximum absolute atomic E-state index is 11.5. The van der Waals surface area contributed by atoms with Crippen LogP contribution < -0.4 is 10.6 Å². The average molecular weight is 250 g/mol. The molecule has 1 heterocycles. The van der Waals surface area contributed by atoms with Crippen LogP contribution in [0.5, 0.6) is 0 Å². The predicted molar refractivity (Wildman–Crippen MR) is 70.4 cm³/mol. The van der Waals surface area contributed by atoms with E-state index < -0.39 is 0 Å². The molecule has 2 N–H and O–H groups in total. The Morgan fingerprint density at radius 2 is 2.28 bits per heavy atom. The van der Waals surface area contributed by atoms with Crippen molar-refractivity contribution < 1.29 is 4.79 Å². The van der Waals surface area contributed by atoms with Crippen molar-refractivity contribution in [3.8, 4) is 0 Å². The van der Waals surface area contributed by atoms with E-state index in [1.807, 2.05) is 11.6 Å². The summed E-state index contributed by atoms with van der Waals surface area (Å²) in [4.78, 5) is 11.5. The molecule has 0 bridgehead atoms. The van der Waals surface area contributed by atoms with E-state index in [4.69, 9.17) is 0 Å². The lowest BCUT2D eigenvalue weighted by atomic mass is 10.2. The molecule has 1 saturated carbocycles. The van der Waals surface area contributed by atoms with Crippen LogP contribution in [0.15, 0.2) is 6.07 Å². The number of nitrogens with one attached hydrogen (secondary N) is 2. The van der Waals surface area contributed by atoms with Gasteiger partial charge < -0.3 is 10.6 Å². The Labute approximate surface area is 108 Å². The Balaban J connectivity index is 1.72. The third kappa shape index (κ3) is 3.75. The second-order valence-electron chi connectivity index (χ2n) is 5.34. The smallest absolute Gasteiger partial charge is 0.315 e. The number of rotatable bonds is 5. The van der Waals surface area contributed by atoms with Crippen LogP contribution in [-0.4, -0.2) is 28.4 Å². The molecule has 5 nitrogen and oxygen atoms in total. The van der Waals surface area contributed by atoms with Gasteiger partial charge in [0.2, 0.25) is 0 Å². The van der Waals surface area contributed by atoms with E-state index in [0.717, 1.165) is 25.1 Å². The summed E-state index contributed by atoms with van der Waals surface area (Å²) in [6, 6.07) is 2.44. The molecule has 1 aromatic heterocycles. The molecule has 0 spiro atoms. The fourth-order valence-corrected chi connectivity index (χ4v) is 1.95. The highest BCUT2D eigenvalue weighted by atomic mass is 16.2. The number of hydrogen-bond donors (Lipinski definition) is 2. The Hall–Kier alpha value is -1.52. The molecular weight excluding hydrogens is 228 g/mol. The summed E-state index contributed by atoms with van der Waals surface area (Å²) in [6.07, 6.45) is 2.24. The predicted octanol–water partition coefficient (Wildman–Crippen LogP) is 1.60. The molecule has 1 aliphatic rings. The van der Waals surface area contributed by atoms with Crippen molar-refractivity contribution in [2.45, 2.75) is 46.2 Å². The molecule has 0 aliphatic heterocycles. The van der Waals surface area contributed by atoms with Crippen LogP contribution in [0.3, 0.4) is 0 Å². The molecule has 1 aromatic rings. The molecular formula is C13H22N4O. The molecule has 1 unspecified atom stereocenters. The minimum absolute atomic E-state index is 0.0438. The van der Waals surface area contributed by atoms with Crippen LogP contribution >= 0.6 is 0 Å². The van der Waals surface area contributed by atoms with Gasteiger partial charge in [0, 0.05) is 24.8 Å². The Kier molecular flexibility index (Phi) is 3.89. The Bertz CT molecular complexity index is 423. The maximum atomic E-state index is 11.5. The third-order valence-electron chi connectivity index (χ3n) is 3.11. The molecule has 1 fully saturated rings. The van der Waals surface area contributed by atoms with Gasteiger partial charge in [0.15, 0.2) is 0 Å². The molecule has 18 heavy (non-hydrogen) atoms. The molecule has 2 rings (SSSR count). The number of amides is 2. The quantitative estimate of drug-likeness (QED) is 0.834. The minimum Gasteiger partial charge on any atom is -0.338 e. The van der Waals surface area contributed by atoms with Crippen LogP contribution in [0, 0.1) is 19.8 Å². The molecule has 1 aliphatic carbocycles. The second kappa shape index (κ2) is 5.42. The largest absolute Gasteiger partial charge is 0.338 e. The molecule has 100 valence electrons. The molecule has 0 radical (unpaired) electrons. The highest BCUT2D eigenvalue weighted by molar-refractivity contribution is 5.74. The third-order valence-corrected chi connectivity index (χ3v) is 3.11. The maximum Gasteiger partial charge on any atom is 0.315 e. The number of carbonyl (C=O) groups is 1. The fraction of sp³-hybridized carbons (Fsp3) is 0.692. The van der Waals surface area contributed by atoms with Gasteiger partial charge in [-0.1, -0.05) is 6.92 Å². The molecule has 2 amide bonds. The van der Waals surface area contributed by atoms with Gasteiger partial charge in [-0.2, -0.15) is 5.10 Å². The summed E-state index contributed by atoms with van der Waals surface area (Å²) in [5.41, 5.74) is 2.21. The first kappa shape index (κ1) is 12.9. The normalized spacial score (nSPS) is 16.4. The number of nitrogens with zero attached hydrogens (tertiary/aromatic N) is 2. The van der Waals surface area contributed by atoms with E-state index in [-0.39, 0.29) is 6.03 Å². The molecule has 1 atom stereocenters. The van der Waals surface area contributed by atoms with Crippen molar-refractivity contribution in [2.24, 2.45) is 5.92 Å². The van der Waals surface area contributed by atoms with Crippen molar-refractivity contribution in [3.05, 3.63) is 17.5 Å². The van der Waals surface area contributed by atoms with Gasteiger partial charge in [0.25, 0.3) is 0 Å². The average Bonchev–Trinajstić information content (AvgIpc) is 3.03. The van der Waals surface area contributed by atoms with Gasteiger partial charge in [-0.3, -0.25) is 4.68 Å². The summed E-state index contributed by atoms with van der Waals surface area (Å²) >= 11 is 0. The zero-order valence-corrected chi connectivity index (χ0v) is 11.4. The zero-order chi connectivity index (χ0) is 13.1. The van der Waals surface area contributed by atoms with Crippen molar-refractivity contribution in [1.29, 1.82) is 0 Å².